The number of ether oxygens (including phenoxy) is 1. The molecule has 18 heavy (non-hydrogen) atoms. The zero-order valence-corrected chi connectivity index (χ0v) is 10.5. The van der Waals surface area contributed by atoms with Crippen molar-refractivity contribution in [3.8, 4) is 5.88 Å². The van der Waals surface area contributed by atoms with Gasteiger partial charge in [-0.05, 0) is 43.0 Å². The molecule has 0 bridgehead atoms. The Hall–Kier alpha value is -2.10. The van der Waals surface area contributed by atoms with Crippen LogP contribution in [0.1, 0.15) is 17.5 Å². The molecule has 0 amide bonds. The molecule has 0 atom stereocenters. The highest BCUT2D eigenvalue weighted by molar-refractivity contribution is 5.45. The van der Waals surface area contributed by atoms with E-state index < -0.39 is 0 Å². The van der Waals surface area contributed by atoms with Crippen LogP contribution in [0, 0.1) is 6.92 Å². The van der Waals surface area contributed by atoms with E-state index >= 15 is 0 Å². The summed E-state index contributed by atoms with van der Waals surface area (Å²) in [5.74, 6) is 0.636. The van der Waals surface area contributed by atoms with Crippen LogP contribution in [0.3, 0.4) is 0 Å². The quantitative estimate of drug-likeness (QED) is 0.819. The van der Waals surface area contributed by atoms with Gasteiger partial charge in [0.05, 0.1) is 18.5 Å². The highest BCUT2D eigenvalue weighted by atomic mass is 16.5. The summed E-state index contributed by atoms with van der Waals surface area (Å²) in [6, 6.07) is 5.90. The summed E-state index contributed by atoms with van der Waals surface area (Å²) in [5, 5.41) is 0. The van der Waals surface area contributed by atoms with Gasteiger partial charge in [0.25, 0.3) is 0 Å². The molecule has 0 spiro atoms. The molecule has 0 fully saturated rings. The number of nitrogen functional groups attached to an aromatic ring is 1. The summed E-state index contributed by atoms with van der Waals surface area (Å²) in [4.78, 5) is 8.11. The maximum atomic E-state index is 5.70. The number of hydrogen-bond donors (Lipinski definition) is 1. The first kappa shape index (κ1) is 12.4. The van der Waals surface area contributed by atoms with Crippen LogP contribution in [0.4, 0.5) is 5.69 Å². The summed E-state index contributed by atoms with van der Waals surface area (Å²) in [6.07, 6.45) is 7.18. The molecule has 4 heteroatoms. The SMILES string of the molecule is Cc1cc(OCCCc2ccncc2)ncc1N. The van der Waals surface area contributed by atoms with E-state index in [1.165, 1.54) is 5.56 Å². The highest BCUT2D eigenvalue weighted by Crippen LogP contribution is 2.15. The average Bonchev–Trinajstić information content (AvgIpc) is 2.40. The Balaban J connectivity index is 1.77. The third-order valence-electron chi connectivity index (χ3n) is 2.74. The zero-order chi connectivity index (χ0) is 12.8. The van der Waals surface area contributed by atoms with Gasteiger partial charge in [0.1, 0.15) is 0 Å². The van der Waals surface area contributed by atoms with Crippen molar-refractivity contribution < 1.29 is 4.74 Å². The molecule has 0 aliphatic carbocycles. The smallest absolute Gasteiger partial charge is 0.213 e. The molecular formula is C14H17N3O. The second-order valence-corrected chi connectivity index (χ2v) is 4.19. The van der Waals surface area contributed by atoms with Gasteiger partial charge in [0.15, 0.2) is 0 Å². The van der Waals surface area contributed by atoms with Crippen molar-refractivity contribution in [2.24, 2.45) is 0 Å². The zero-order valence-electron chi connectivity index (χ0n) is 10.5. The van der Waals surface area contributed by atoms with Crippen LogP contribution in [0.15, 0.2) is 36.8 Å². The van der Waals surface area contributed by atoms with E-state index in [1.807, 2.05) is 25.1 Å². The van der Waals surface area contributed by atoms with E-state index in [9.17, 15) is 0 Å². The van der Waals surface area contributed by atoms with E-state index in [-0.39, 0.29) is 0 Å². The summed E-state index contributed by atoms with van der Waals surface area (Å²) in [5.41, 5.74) is 8.66. The van der Waals surface area contributed by atoms with Crippen molar-refractivity contribution in [3.05, 3.63) is 47.9 Å². The van der Waals surface area contributed by atoms with Crippen LogP contribution in [-0.2, 0) is 6.42 Å². The fourth-order valence-corrected chi connectivity index (χ4v) is 1.62. The molecule has 0 aromatic carbocycles. The number of aromatic nitrogens is 2. The summed E-state index contributed by atoms with van der Waals surface area (Å²) in [7, 11) is 0. The first-order valence-electron chi connectivity index (χ1n) is 5.99. The van der Waals surface area contributed by atoms with Crippen molar-refractivity contribution in [3.63, 3.8) is 0 Å². The van der Waals surface area contributed by atoms with E-state index in [0.29, 0.717) is 18.2 Å². The largest absolute Gasteiger partial charge is 0.478 e. The monoisotopic (exact) mass is 243 g/mol. The topological polar surface area (TPSA) is 61.0 Å². The lowest BCUT2D eigenvalue weighted by molar-refractivity contribution is 0.299. The van der Waals surface area contributed by atoms with E-state index in [1.54, 1.807) is 18.6 Å². The molecule has 2 aromatic heterocycles. The minimum atomic E-state index is 0.636. The predicted octanol–water partition coefficient (Wildman–Crippen LogP) is 2.38. The third kappa shape index (κ3) is 3.45. The number of nitrogens with zero attached hydrogens (tertiary/aromatic N) is 2. The van der Waals surface area contributed by atoms with Crippen LogP contribution >= 0.6 is 0 Å². The Bertz CT molecular complexity index is 500. The van der Waals surface area contributed by atoms with Crippen LogP contribution in [0.5, 0.6) is 5.88 Å². The molecule has 2 aromatic rings. The minimum absolute atomic E-state index is 0.636. The van der Waals surface area contributed by atoms with Gasteiger partial charge in [0.2, 0.25) is 5.88 Å². The molecular weight excluding hydrogens is 226 g/mol. The molecule has 0 saturated heterocycles. The molecule has 0 aliphatic rings. The predicted molar refractivity (Wildman–Crippen MR) is 71.4 cm³/mol. The Morgan fingerprint density at radius 1 is 1.28 bits per heavy atom. The van der Waals surface area contributed by atoms with Gasteiger partial charge < -0.3 is 10.5 Å². The third-order valence-corrected chi connectivity index (χ3v) is 2.74. The second-order valence-electron chi connectivity index (χ2n) is 4.19. The fraction of sp³-hybridized carbons (Fsp3) is 0.286. The van der Waals surface area contributed by atoms with E-state index in [2.05, 4.69) is 9.97 Å². The van der Waals surface area contributed by atoms with Gasteiger partial charge in [-0.15, -0.1) is 0 Å². The fourth-order valence-electron chi connectivity index (χ4n) is 1.62. The average molecular weight is 243 g/mol. The molecule has 2 rings (SSSR count). The summed E-state index contributed by atoms with van der Waals surface area (Å²) < 4.78 is 5.58. The molecule has 0 saturated carbocycles. The number of rotatable bonds is 5. The van der Waals surface area contributed by atoms with Crippen LogP contribution < -0.4 is 10.5 Å². The Morgan fingerprint density at radius 3 is 2.78 bits per heavy atom. The molecule has 2 heterocycles. The molecule has 2 N–H and O–H groups in total. The maximum absolute atomic E-state index is 5.70. The standard InChI is InChI=1S/C14H17N3O/c1-11-9-14(17-10-13(11)15)18-8-2-3-12-4-6-16-7-5-12/h4-7,9-10H,2-3,8,15H2,1H3. The lowest BCUT2D eigenvalue weighted by atomic mass is 10.1. The molecule has 0 aliphatic heterocycles. The Kier molecular flexibility index (Phi) is 4.12. The summed E-state index contributed by atoms with van der Waals surface area (Å²) in [6.45, 7) is 2.60. The Labute approximate surface area is 107 Å². The number of anilines is 1. The lowest BCUT2D eigenvalue weighted by Gasteiger charge is -2.07. The van der Waals surface area contributed by atoms with Gasteiger partial charge in [-0.3, -0.25) is 4.98 Å². The van der Waals surface area contributed by atoms with Gasteiger partial charge in [-0.2, -0.15) is 0 Å². The van der Waals surface area contributed by atoms with Gasteiger partial charge in [-0.1, -0.05) is 0 Å². The molecule has 94 valence electrons. The van der Waals surface area contributed by atoms with Crippen molar-refractivity contribution in [2.75, 3.05) is 12.3 Å². The van der Waals surface area contributed by atoms with Crippen molar-refractivity contribution in [1.82, 2.24) is 9.97 Å². The normalized spacial score (nSPS) is 10.3. The van der Waals surface area contributed by atoms with Gasteiger partial charge in [0, 0.05) is 18.5 Å². The van der Waals surface area contributed by atoms with Crippen LogP contribution in [0.2, 0.25) is 0 Å². The van der Waals surface area contributed by atoms with Crippen LogP contribution in [-0.4, -0.2) is 16.6 Å². The molecule has 4 nitrogen and oxygen atoms in total. The van der Waals surface area contributed by atoms with Gasteiger partial charge in [-0.25, -0.2) is 4.98 Å². The maximum Gasteiger partial charge on any atom is 0.213 e. The number of nitrogens with two attached hydrogens (primary N) is 1. The van der Waals surface area contributed by atoms with Crippen molar-refractivity contribution in [1.29, 1.82) is 0 Å². The van der Waals surface area contributed by atoms with Crippen molar-refractivity contribution in [2.45, 2.75) is 19.8 Å². The van der Waals surface area contributed by atoms with Crippen molar-refractivity contribution >= 4 is 5.69 Å². The highest BCUT2D eigenvalue weighted by Gasteiger charge is 1.99. The first-order chi connectivity index (χ1) is 8.75. The van der Waals surface area contributed by atoms with Gasteiger partial charge >= 0.3 is 0 Å². The van der Waals surface area contributed by atoms with E-state index in [4.69, 9.17) is 10.5 Å². The first-order valence-corrected chi connectivity index (χ1v) is 5.99. The lowest BCUT2D eigenvalue weighted by Crippen LogP contribution is -2.02. The Morgan fingerprint density at radius 2 is 2.06 bits per heavy atom. The van der Waals surface area contributed by atoms with E-state index in [0.717, 1.165) is 18.4 Å². The molecule has 0 unspecified atom stereocenters. The van der Waals surface area contributed by atoms with Crippen LogP contribution in [0.25, 0.3) is 0 Å². The number of hydrogen-bond acceptors (Lipinski definition) is 4. The summed E-state index contributed by atoms with van der Waals surface area (Å²) >= 11 is 0. The molecule has 0 radical (unpaired) electrons. The number of pyridine rings is 2. The number of aryl methyl sites for hydroxylation is 2. The second kappa shape index (κ2) is 6.00. The minimum Gasteiger partial charge on any atom is -0.478 e.